The van der Waals surface area contributed by atoms with Crippen molar-refractivity contribution >= 4 is 24.0 Å². The first-order valence-corrected chi connectivity index (χ1v) is 9.88. The van der Waals surface area contributed by atoms with Gasteiger partial charge >= 0.3 is 0 Å². The van der Waals surface area contributed by atoms with Crippen LogP contribution in [0.2, 0.25) is 0 Å². The van der Waals surface area contributed by atoms with Gasteiger partial charge in [-0.25, -0.2) is 0 Å². The van der Waals surface area contributed by atoms with Crippen LogP contribution in [0.1, 0.15) is 49.3 Å². The lowest BCUT2D eigenvalue weighted by molar-refractivity contribution is -0.114. The number of unbranched alkanes of at least 4 members (excludes halogenated alkanes) is 2. The highest BCUT2D eigenvalue weighted by atomic mass is 35.5. The van der Waals surface area contributed by atoms with E-state index in [1.165, 1.54) is 42.4 Å². The van der Waals surface area contributed by atoms with Crippen LogP contribution in [0.4, 0.5) is 5.69 Å². The Labute approximate surface area is 169 Å². The highest BCUT2D eigenvalue weighted by molar-refractivity contribution is 5.89. The van der Waals surface area contributed by atoms with Crippen molar-refractivity contribution in [1.29, 1.82) is 0 Å². The second-order valence-electron chi connectivity index (χ2n) is 7.31. The van der Waals surface area contributed by atoms with Gasteiger partial charge in [-0.05, 0) is 67.8 Å². The lowest BCUT2D eigenvalue weighted by atomic mass is 9.87. The number of anilines is 1. The van der Waals surface area contributed by atoms with Crippen molar-refractivity contribution in [3.8, 4) is 0 Å². The third kappa shape index (κ3) is 6.67. The van der Waals surface area contributed by atoms with E-state index in [9.17, 15) is 4.79 Å². The number of aryl methyl sites for hydroxylation is 1. The van der Waals surface area contributed by atoms with E-state index < -0.39 is 0 Å². The molecule has 1 aliphatic carbocycles. The molecule has 3 nitrogen and oxygen atoms in total. The molecule has 0 spiro atoms. The molecule has 2 N–H and O–H groups in total. The largest absolute Gasteiger partial charge is 0.326 e. The van der Waals surface area contributed by atoms with Crippen LogP contribution >= 0.6 is 12.4 Å². The summed E-state index contributed by atoms with van der Waals surface area (Å²) < 4.78 is 0. The topological polar surface area (TPSA) is 41.1 Å². The molecule has 0 saturated heterocycles. The summed E-state index contributed by atoms with van der Waals surface area (Å²) in [5.74, 6) is 0.00847. The number of hydrogen-bond donors (Lipinski definition) is 2. The molecule has 0 heterocycles. The van der Waals surface area contributed by atoms with Gasteiger partial charge in [0.05, 0.1) is 0 Å². The smallest absolute Gasteiger partial charge is 0.221 e. The molecule has 1 aliphatic rings. The first-order valence-electron chi connectivity index (χ1n) is 9.88. The molecule has 1 unspecified atom stereocenters. The number of carbonyl (C=O) groups excluding carboxylic acids is 1. The monoisotopic (exact) mass is 386 g/mol. The van der Waals surface area contributed by atoms with Gasteiger partial charge in [-0.3, -0.25) is 4.79 Å². The molecule has 2 aromatic rings. The summed E-state index contributed by atoms with van der Waals surface area (Å²) in [4.78, 5) is 11.4. The number of fused-ring (bicyclic) bond motifs is 1. The first kappa shape index (κ1) is 21.5. The number of carbonyl (C=O) groups is 1. The molecule has 3 rings (SSSR count). The molecule has 1 atom stereocenters. The van der Waals surface area contributed by atoms with Gasteiger partial charge in [0, 0.05) is 18.7 Å². The minimum Gasteiger partial charge on any atom is -0.326 e. The van der Waals surface area contributed by atoms with Crippen LogP contribution in [0.25, 0.3) is 0 Å². The summed E-state index contributed by atoms with van der Waals surface area (Å²) >= 11 is 0. The van der Waals surface area contributed by atoms with E-state index in [0.29, 0.717) is 6.04 Å². The predicted octanol–water partition coefficient (Wildman–Crippen LogP) is 4.93. The van der Waals surface area contributed by atoms with Gasteiger partial charge in [-0.1, -0.05) is 48.9 Å². The molecule has 1 amide bonds. The average molecular weight is 387 g/mol. The zero-order valence-corrected chi connectivity index (χ0v) is 17.0. The summed E-state index contributed by atoms with van der Waals surface area (Å²) in [6, 6.07) is 17.6. The van der Waals surface area contributed by atoms with E-state index in [1.807, 2.05) is 6.07 Å². The maximum Gasteiger partial charge on any atom is 0.221 e. The highest BCUT2D eigenvalue weighted by Crippen LogP contribution is 2.28. The Hall–Kier alpha value is -1.84. The summed E-state index contributed by atoms with van der Waals surface area (Å²) in [6.07, 6.45) is 8.21. The van der Waals surface area contributed by atoms with Gasteiger partial charge in [0.25, 0.3) is 0 Å². The number of nitrogens with one attached hydrogen (secondary N) is 2. The van der Waals surface area contributed by atoms with Gasteiger partial charge < -0.3 is 10.6 Å². The Kier molecular flexibility index (Phi) is 8.83. The van der Waals surface area contributed by atoms with E-state index in [-0.39, 0.29) is 18.3 Å². The Bertz CT molecular complexity index is 718. The second-order valence-corrected chi connectivity index (χ2v) is 7.31. The van der Waals surface area contributed by atoms with E-state index in [2.05, 4.69) is 53.1 Å². The van der Waals surface area contributed by atoms with Crippen molar-refractivity contribution < 1.29 is 4.79 Å². The zero-order valence-electron chi connectivity index (χ0n) is 16.2. The Morgan fingerprint density at radius 2 is 1.85 bits per heavy atom. The maximum atomic E-state index is 11.4. The minimum absolute atomic E-state index is 0. The number of amides is 1. The Morgan fingerprint density at radius 1 is 1.04 bits per heavy atom. The average Bonchev–Trinajstić information content (AvgIpc) is 2.65. The van der Waals surface area contributed by atoms with Crippen LogP contribution in [-0.4, -0.2) is 18.5 Å². The van der Waals surface area contributed by atoms with Gasteiger partial charge in [0.1, 0.15) is 0 Å². The molecule has 4 heteroatoms. The summed E-state index contributed by atoms with van der Waals surface area (Å²) in [5, 5.41) is 6.70. The van der Waals surface area contributed by atoms with Gasteiger partial charge in [-0.2, -0.15) is 0 Å². The number of halogens is 1. The lowest BCUT2D eigenvalue weighted by Gasteiger charge is -2.27. The molecular formula is C23H31ClN2O. The standard InChI is InChI=1S/C23H30N2O.ClH/c1-18(26)25-23-13-8-12-20-17-21(14-15-22(20)23)24-16-7-3-6-11-19-9-4-2-5-10-19;/h2,4-5,8-10,12-13,21,24H,3,6-7,11,14-17H2,1H3,(H,25,26);1H. The predicted molar refractivity (Wildman–Crippen MR) is 116 cm³/mol. The van der Waals surface area contributed by atoms with E-state index in [1.54, 1.807) is 6.92 Å². The summed E-state index contributed by atoms with van der Waals surface area (Å²) in [5.41, 5.74) is 5.14. The van der Waals surface area contributed by atoms with Crippen molar-refractivity contribution in [2.75, 3.05) is 11.9 Å². The van der Waals surface area contributed by atoms with Crippen molar-refractivity contribution in [3.05, 3.63) is 65.2 Å². The SMILES string of the molecule is CC(=O)Nc1cccc2c1CCC(NCCCCCc1ccccc1)C2.Cl. The van der Waals surface area contributed by atoms with Crippen molar-refractivity contribution in [2.24, 2.45) is 0 Å². The molecular weight excluding hydrogens is 356 g/mol. The first-order chi connectivity index (χ1) is 12.7. The number of rotatable bonds is 8. The van der Waals surface area contributed by atoms with Crippen molar-refractivity contribution in [3.63, 3.8) is 0 Å². The fourth-order valence-corrected chi connectivity index (χ4v) is 3.87. The molecule has 0 fully saturated rings. The van der Waals surface area contributed by atoms with Crippen LogP contribution in [0, 0.1) is 0 Å². The molecule has 146 valence electrons. The van der Waals surface area contributed by atoms with E-state index in [0.717, 1.165) is 31.5 Å². The van der Waals surface area contributed by atoms with Gasteiger partial charge in [0.15, 0.2) is 0 Å². The zero-order chi connectivity index (χ0) is 18.2. The molecule has 0 aromatic heterocycles. The fraction of sp³-hybridized carbons (Fsp3) is 0.435. The molecule has 2 aromatic carbocycles. The minimum atomic E-state index is 0. The van der Waals surface area contributed by atoms with Crippen LogP contribution in [0.15, 0.2) is 48.5 Å². The van der Waals surface area contributed by atoms with E-state index in [4.69, 9.17) is 0 Å². The fourth-order valence-electron chi connectivity index (χ4n) is 3.87. The lowest BCUT2D eigenvalue weighted by Crippen LogP contribution is -2.35. The van der Waals surface area contributed by atoms with E-state index >= 15 is 0 Å². The maximum absolute atomic E-state index is 11.4. The Morgan fingerprint density at radius 3 is 2.63 bits per heavy atom. The van der Waals surface area contributed by atoms with Crippen molar-refractivity contribution in [1.82, 2.24) is 5.32 Å². The van der Waals surface area contributed by atoms with Crippen LogP contribution in [0.5, 0.6) is 0 Å². The molecule has 0 saturated carbocycles. The third-order valence-electron chi connectivity index (χ3n) is 5.21. The molecule has 0 radical (unpaired) electrons. The van der Waals surface area contributed by atoms with Gasteiger partial charge in [0.2, 0.25) is 5.91 Å². The van der Waals surface area contributed by atoms with Crippen LogP contribution in [-0.2, 0) is 24.1 Å². The van der Waals surface area contributed by atoms with Crippen LogP contribution in [0.3, 0.4) is 0 Å². The Balaban J connectivity index is 0.00000261. The summed E-state index contributed by atoms with van der Waals surface area (Å²) in [7, 11) is 0. The highest BCUT2D eigenvalue weighted by Gasteiger charge is 2.20. The second kappa shape index (κ2) is 11.1. The molecule has 27 heavy (non-hydrogen) atoms. The molecule has 0 aliphatic heterocycles. The number of benzene rings is 2. The summed E-state index contributed by atoms with van der Waals surface area (Å²) in [6.45, 7) is 2.67. The quantitative estimate of drug-likeness (QED) is 0.632. The normalized spacial score (nSPS) is 15.5. The van der Waals surface area contributed by atoms with Gasteiger partial charge in [-0.15, -0.1) is 12.4 Å². The third-order valence-corrected chi connectivity index (χ3v) is 5.21. The molecule has 0 bridgehead atoms. The number of hydrogen-bond acceptors (Lipinski definition) is 2. The van der Waals surface area contributed by atoms with Crippen molar-refractivity contribution in [2.45, 2.75) is 57.9 Å². The van der Waals surface area contributed by atoms with Crippen LogP contribution < -0.4 is 10.6 Å².